The lowest BCUT2D eigenvalue weighted by molar-refractivity contribution is 0.0696. The van der Waals surface area contributed by atoms with Crippen molar-refractivity contribution in [1.82, 2.24) is 5.32 Å². The Morgan fingerprint density at radius 3 is 2.50 bits per heavy atom. The summed E-state index contributed by atoms with van der Waals surface area (Å²) in [5.74, 6) is -1.05. The molecule has 1 amide bonds. The van der Waals surface area contributed by atoms with Gasteiger partial charge in [-0.2, -0.15) is 0 Å². The molecule has 0 aliphatic carbocycles. The van der Waals surface area contributed by atoms with Crippen LogP contribution in [0.3, 0.4) is 0 Å². The molecule has 0 fully saturated rings. The predicted octanol–water partition coefficient (Wildman–Crippen LogP) is 3.46. The third kappa shape index (κ3) is 4.49. The number of hydrogen-bond acceptors (Lipinski definition) is 3. The van der Waals surface area contributed by atoms with E-state index in [1.165, 1.54) is 12.1 Å². The Hall–Kier alpha value is -2.53. The standard InChI is InChI=1S/C16H14ClNO4/c17-14-8-12(15(19)20)6-7-13(14)9-18-16(21)22-10-11-4-2-1-3-5-11/h1-8H,9-10H2,(H,18,21)(H,19,20). The molecule has 0 heterocycles. The SMILES string of the molecule is O=C(NCc1ccc(C(=O)O)cc1Cl)OCc1ccccc1. The van der Waals surface area contributed by atoms with E-state index in [2.05, 4.69) is 5.32 Å². The maximum atomic E-state index is 11.6. The van der Waals surface area contributed by atoms with Crippen LogP contribution in [0.5, 0.6) is 0 Å². The van der Waals surface area contributed by atoms with E-state index in [-0.39, 0.29) is 23.7 Å². The second-order valence-corrected chi connectivity index (χ2v) is 4.93. The van der Waals surface area contributed by atoms with Crippen LogP contribution in [-0.4, -0.2) is 17.2 Å². The molecule has 0 saturated heterocycles. The smallest absolute Gasteiger partial charge is 0.407 e. The highest BCUT2D eigenvalue weighted by atomic mass is 35.5. The van der Waals surface area contributed by atoms with Gasteiger partial charge < -0.3 is 15.2 Å². The van der Waals surface area contributed by atoms with Crippen LogP contribution in [0.25, 0.3) is 0 Å². The Labute approximate surface area is 132 Å². The van der Waals surface area contributed by atoms with Crippen LogP contribution >= 0.6 is 11.6 Å². The maximum absolute atomic E-state index is 11.6. The molecule has 22 heavy (non-hydrogen) atoms. The van der Waals surface area contributed by atoms with E-state index in [9.17, 15) is 9.59 Å². The molecule has 2 aromatic rings. The van der Waals surface area contributed by atoms with Crippen molar-refractivity contribution >= 4 is 23.7 Å². The number of carbonyl (C=O) groups is 2. The van der Waals surface area contributed by atoms with E-state index in [1.54, 1.807) is 6.07 Å². The minimum absolute atomic E-state index is 0.0976. The number of benzene rings is 2. The molecule has 0 bridgehead atoms. The second kappa shape index (κ2) is 7.47. The number of carboxylic acid groups (broad SMARTS) is 1. The molecule has 0 unspecified atom stereocenters. The van der Waals surface area contributed by atoms with Gasteiger partial charge in [0.2, 0.25) is 0 Å². The van der Waals surface area contributed by atoms with Crippen molar-refractivity contribution in [3.05, 3.63) is 70.2 Å². The first-order valence-electron chi connectivity index (χ1n) is 6.52. The van der Waals surface area contributed by atoms with E-state index in [0.29, 0.717) is 5.56 Å². The normalized spacial score (nSPS) is 10.0. The monoisotopic (exact) mass is 319 g/mol. The molecule has 114 valence electrons. The molecule has 0 spiro atoms. The molecule has 0 atom stereocenters. The van der Waals surface area contributed by atoms with Gasteiger partial charge in [0.25, 0.3) is 0 Å². The topological polar surface area (TPSA) is 75.6 Å². The lowest BCUT2D eigenvalue weighted by Crippen LogP contribution is -2.23. The van der Waals surface area contributed by atoms with Crippen molar-refractivity contribution in [3.8, 4) is 0 Å². The van der Waals surface area contributed by atoms with Crippen LogP contribution in [-0.2, 0) is 17.9 Å². The van der Waals surface area contributed by atoms with Gasteiger partial charge in [0.05, 0.1) is 5.56 Å². The molecule has 0 aromatic heterocycles. The zero-order chi connectivity index (χ0) is 15.9. The van der Waals surface area contributed by atoms with Gasteiger partial charge in [-0.05, 0) is 23.3 Å². The number of rotatable bonds is 5. The molecule has 2 aromatic carbocycles. The molecule has 0 aliphatic heterocycles. The van der Waals surface area contributed by atoms with Crippen molar-refractivity contribution in [2.75, 3.05) is 0 Å². The Kier molecular flexibility index (Phi) is 5.38. The van der Waals surface area contributed by atoms with E-state index in [0.717, 1.165) is 5.56 Å². The van der Waals surface area contributed by atoms with Crippen molar-refractivity contribution in [3.63, 3.8) is 0 Å². The van der Waals surface area contributed by atoms with Crippen LogP contribution in [0.2, 0.25) is 5.02 Å². The number of aromatic carboxylic acids is 1. The van der Waals surface area contributed by atoms with E-state index in [4.69, 9.17) is 21.4 Å². The Bertz CT molecular complexity index is 673. The quantitative estimate of drug-likeness (QED) is 0.885. The number of ether oxygens (including phenoxy) is 1. The average molecular weight is 320 g/mol. The summed E-state index contributed by atoms with van der Waals surface area (Å²) in [5.41, 5.74) is 1.60. The highest BCUT2D eigenvalue weighted by Gasteiger charge is 2.08. The average Bonchev–Trinajstić information content (AvgIpc) is 2.52. The van der Waals surface area contributed by atoms with Crippen LogP contribution in [0.15, 0.2) is 48.5 Å². The van der Waals surface area contributed by atoms with Gasteiger partial charge >= 0.3 is 12.1 Å². The first kappa shape index (κ1) is 15.9. The summed E-state index contributed by atoms with van der Waals surface area (Å²) >= 11 is 5.97. The van der Waals surface area contributed by atoms with Gasteiger partial charge in [-0.15, -0.1) is 0 Å². The summed E-state index contributed by atoms with van der Waals surface area (Å²) in [5, 5.41) is 11.7. The lowest BCUT2D eigenvalue weighted by Gasteiger charge is -2.09. The third-order valence-electron chi connectivity index (χ3n) is 2.94. The van der Waals surface area contributed by atoms with E-state index >= 15 is 0 Å². The largest absolute Gasteiger partial charge is 0.478 e. The van der Waals surface area contributed by atoms with Gasteiger partial charge in [-0.3, -0.25) is 0 Å². The van der Waals surface area contributed by atoms with E-state index < -0.39 is 12.1 Å². The number of nitrogens with one attached hydrogen (secondary N) is 1. The number of hydrogen-bond donors (Lipinski definition) is 2. The summed E-state index contributed by atoms with van der Waals surface area (Å²) in [7, 11) is 0. The summed E-state index contributed by atoms with van der Waals surface area (Å²) < 4.78 is 5.06. The first-order chi connectivity index (χ1) is 10.6. The molecular formula is C16H14ClNO4. The van der Waals surface area contributed by atoms with Crippen LogP contribution in [0.1, 0.15) is 21.5 Å². The molecular weight excluding hydrogens is 306 g/mol. The van der Waals surface area contributed by atoms with Gasteiger partial charge in [-0.1, -0.05) is 48.0 Å². The summed E-state index contributed by atoms with van der Waals surface area (Å²) in [6.45, 7) is 0.338. The van der Waals surface area contributed by atoms with Crippen molar-refractivity contribution in [2.45, 2.75) is 13.2 Å². The fourth-order valence-electron chi connectivity index (χ4n) is 1.77. The van der Waals surface area contributed by atoms with Gasteiger partial charge in [-0.25, -0.2) is 9.59 Å². The number of halogens is 1. The van der Waals surface area contributed by atoms with Gasteiger partial charge in [0.15, 0.2) is 0 Å². The maximum Gasteiger partial charge on any atom is 0.407 e. The van der Waals surface area contributed by atoms with Crippen molar-refractivity contribution < 1.29 is 19.4 Å². The third-order valence-corrected chi connectivity index (χ3v) is 3.29. The number of carboxylic acids is 1. The van der Waals surface area contributed by atoms with Crippen LogP contribution < -0.4 is 5.32 Å². The molecule has 0 aliphatic rings. The second-order valence-electron chi connectivity index (χ2n) is 4.53. The van der Waals surface area contributed by atoms with Gasteiger partial charge in [0, 0.05) is 11.6 Å². The number of carbonyl (C=O) groups excluding carboxylic acids is 1. The zero-order valence-electron chi connectivity index (χ0n) is 11.6. The Morgan fingerprint density at radius 2 is 1.86 bits per heavy atom. The van der Waals surface area contributed by atoms with E-state index in [1.807, 2.05) is 30.3 Å². The Balaban J connectivity index is 1.85. The fourth-order valence-corrected chi connectivity index (χ4v) is 2.01. The highest BCUT2D eigenvalue weighted by molar-refractivity contribution is 6.31. The predicted molar refractivity (Wildman–Crippen MR) is 81.9 cm³/mol. The summed E-state index contributed by atoms with van der Waals surface area (Å²) in [4.78, 5) is 22.4. The zero-order valence-corrected chi connectivity index (χ0v) is 12.3. The summed E-state index contributed by atoms with van der Waals surface area (Å²) in [6.07, 6.45) is -0.567. The van der Waals surface area contributed by atoms with Crippen LogP contribution in [0, 0.1) is 0 Å². The van der Waals surface area contributed by atoms with Gasteiger partial charge in [0.1, 0.15) is 6.61 Å². The molecule has 2 N–H and O–H groups in total. The number of alkyl carbamates (subject to hydrolysis) is 1. The minimum atomic E-state index is -1.05. The molecule has 0 radical (unpaired) electrons. The number of amides is 1. The highest BCUT2D eigenvalue weighted by Crippen LogP contribution is 2.18. The Morgan fingerprint density at radius 1 is 1.14 bits per heavy atom. The van der Waals surface area contributed by atoms with Crippen molar-refractivity contribution in [2.24, 2.45) is 0 Å². The molecule has 6 heteroatoms. The minimum Gasteiger partial charge on any atom is -0.478 e. The lowest BCUT2D eigenvalue weighted by atomic mass is 10.1. The van der Waals surface area contributed by atoms with Crippen LogP contribution in [0.4, 0.5) is 4.79 Å². The molecule has 2 rings (SSSR count). The summed E-state index contributed by atoms with van der Waals surface area (Å²) in [6, 6.07) is 13.6. The fraction of sp³-hybridized carbons (Fsp3) is 0.125. The first-order valence-corrected chi connectivity index (χ1v) is 6.90. The molecule has 0 saturated carbocycles. The van der Waals surface area contributed by atoms with Crippen molar-refractivity contribution in [1.29, 1.82) is 0 Å². The molecule has 5 nitrogen and oxygen atoms in total.